The van der Waals surface area contributed by atoms with Gasteiger partial charge in [-0.3, -0.25) is 0 Å². The van der Waals surface area contributed by atoms with Crippen LogP contribution in [0.4, 0.5) is 22.0 Å². The highest BCUT2D eigenvalue weighted by Crippen LogP contribution is 2.56. The molecule has 1 aromatic carbocycles. The number of fused-ring (bicyclic) bond motifs is 2. The largest absolute Gasteiger partial charge is 0.478 e. The third-order valence-electron chi connectivity index (χ3n) is 3.23. The van der Waals surface area contributed by atoms with Crippen molar-refractivity contribution < 1.29 is 31.4 Å². The zero-order chi connectivity index (χ0) is 14.9. The van der Waals surface area contributed by atoms with Gasteiger partial charge in [0.1, 0.15) is 5.75 Å². The van der Waals surface area contributed by atoms with E-state index in [4.69, 9.17) is 9.47 Å². The quantitative estimate of drug-likeness (QED) is 0.723. The van der Waals surface area contributed by atoms with Crippen LogP contribution in [0.15, 0.2) is 24.0 Å². The van der Waals surface area contributed by atoms with Crippen LogP contribution in [0.3, 0.4) is 0 Å². The van der Waals surface area contributed by atoms with Crippen molar-refractivity contribution in [1.29, 1.82) is 0 Å². The second kappa shape index (κ2) is 3.45. The van der Waals surface area contributed by atoms with Crippen LogP contribution in [0.1, 0.15) is 25.0 Å². The Bertz CT molecular complexity index is 628. The van der Waals surface area contributed by atoms with Gasteiger partial charge >= 0.3 is 12.1 Å². The fraction of sp³-hybridized carbons (Fsp3) is 0.385. The van der Waals surface area contributed by atoms with E-state index in [9.17, 15) is 22.0 Å². The van der Waals surface area contributed by atoms with Gasteiger partial charge in [0, 0.05) is 0 Å². The van der Waals surface area contributed by atoms with Crippen LogP contribution in [0.2, 0.25) is 0 Å². The average molecular weight is 292 g/mol. The van der Waals surface area contributed by atoms with E-state index in [1.165, 1.54) is 6.07 Å². The molecule has 0 saturated heterocycles. The van der Waals surface area contributed by atoms with Gasteiger partial charge in [-0.2, -0.15) is 22.0 Å². The van der Waals surface area contributed by atoms with E-state index in [1.54, 1.807) is 13.8 Å². The van der Waals surface area contributed by atoms with Gasteiger partial charge < -0.3 is 9.47 Å². The highest BCUT2D eigenvalue weighted by atomic mass is 19.4. The van der Waals surface area contributed by atoms with Gasteiger partial charge in [0.05, 0.1) is 11.1 Å². The standard InChI is InChI=1S/C13H9F5O2/c1-11(2)10-9(19-10)6-4-3-5-7(8(6)20-11)12(14,15)13(16,17)18/h3-5H,1-2H3. The second-order valence-corrected chi connectivity index (χ2v) is 5.13. The van der Waals surface area contributed by atoms with Gasteiger partial charge in [-0.15, -0.1) is 0 Å². The molecule has 2 nitrogen and oxygen atoms in total. The summed E-state index contributed by atoms with van der Waals surface area (Å²) in [5, 5.41) is 0. The van der Waals surface area contributed by atoms with Crippen molar-refractivity contribution in [2.24, 2.45) is 0 Å². The third kappa shape index (κ3) is 1.61. The summed E-state index contributed by atoms with van der Waals surface area (Å²) in [5.74, 6) is -4.69. The molecule has 0 aromatic heterocycles. The first-order valence-corrected chi connectivity index (χ1v) is 5.76. The summed E-state index contributed by atoms with van der Waals surface area (Å²) in [6, 6.07) is 3.24. The summed E-state index contributed by atoms with van der Waals surface area (Å²) in [5.41, 5.74) is -2.13. The summed E-state index contributed by atoms with van der Waals surface area (Å²) in [4.78, 5) is 0. The normalized spacial score (nSPS) is 19.8. The minimum Gasteiger partial charge on any atom is -0.478 e. The van der Waals surface area contributed by atoms with E-state index in [-0.39, 0.29) is 5.56 Å². The fourth-order valence-corrected chi connectivity index (χ4v) is 2.18. The average Bonchev–Trinajstić information content (AvgIpc) is 3.07. The zero-order valence-electron chi connectivity index (χ0n) is 10.4. The van der Waals surface area contributed by atoms with Crippen molar-refractivity contribution in [3.63, 3.8) is 0 Å². The topological polar surface area (TPSA) is 21.8 Å². The van der Waals surface area contributed by atoms with E-state index >= 15 is 0 Å². The molecule has 2 aliphatic rings. The van der Waals surface area contributed by atoms with Gasteiger partial charge in [-0.05, 0) is 26.0 Å². The van der Waals surface area contributed by atoms with E-state index in [1.807, 2.05) is 0 Å². The Morgan fingerprint density at radius 2 is 1.70 bits per heavy atom. The lowest BCUT2D eigenvalue weighted by atomic mass is 9.97. The van der Waals surface area contributed by atoms with Gasteiger partial charge in [0.2, 0.25) is 0 Å². The lowest BCUT2D eigenvalue weighted by molar-refractivity contribution is -0.289. The maximum atomic E-state index is 13.6. The summed E-state index contributed by atoms with van der Waals surface area (Å²) in [7, 11) is 0. The number of ether oxygens (including phenoxy) is 2. The first kappa shape index (κ1) is 13.2. The molecule has 1 aromatic rings. The number of rotatable bonds is 1. The van der Waals surface area contributed by atoms with Crippen molar-refractivity contribution in [3.05, 3.63) is 35.1 Å². The number of para-hydroxylation sites is 1. The van der Waals surface area contributed by atoms with Gasteiger partial charge in [-0.1, -0.05) is 6.07 Å². The number of halogens is 5. The smallest absolute Gasteiger partial charge is 0.458 e. The van der Waals surface area contributed by atoms with Gasteiger partial charge in [-0.25, -0.2) is 0 Å². The molecule has 0 bridgehead atoms. The lowest BCUT2D eigenvalue weighted by Crippen LogP contribution is -2.36. The van der Waals surface area contributed by atoms with Crippen LogP contribution >= 0.6 is 0 Å². The van der Waals surface area contributed by atoms with Crippen molar-refractivity contribution in [3.8, 4) is 5.75 Å². The highest BCUT2D eigenvalue weighted by Gasteiger charge is 2.61. The first-order chi connectivity index (χ1) is 9.06. The van der Waals surface area contributed by atoms with E-state index < -0.39 is 29.0 Å². The number of alkyl halides is 5. The maximum absolute atomic E-state index is 13.6. The van der Waals surface area contributed by atoms with Crippen LogP contribution < -0.4 is 4.74 Å². The molecule has 0 amide bonds. The van der Waals surface area contributed by atoms with Crippen LogP contribution in [-0.2, 0) is 10.7 Å². The molecule has 0 radical (unpaired) electrons. The van der Waals surface area contributed by atoms with E-state index in [2.05, 4.69) is 0 Å². The third-order valence-corrected chi connectivity index (χ3v) is 3.23. The molecular weight excluding hydrogens is 283 g/mol. The van der Waals surface area contributed by atoms with Crippen molar-refractivity contribution in [1.82, 2.24) is 0 Å². The molecule has 0 unspecified atom stereocenters. The van der Waals surface area contributed by atoms with E-state index in [0.29, 0.717) is 11.5 Å². The highest BCUT2D eigenvalue weighted by molar-refractivity contribution is 5.80. The minimum absolute atomic E-state index is 0.126. The lowest BCUT2D eigenvalue weighted by Gasteiger charge is -2.29. The Hall–Kier alpha value is -1.79. The number of hydrogen-bond acceptors (Lipinski definition) is 2. The molecule has 3 rings (SSSR count). The fourth-order valence-electron chi connectivity index (χ4n) is 2.18. The van der Waals surface area contributed by atoms with Crippen molar-refractivity contribution in [2.45, 2.75) is 31.5 Å². The molecule has 20 heavy (non-hydrogen) atoms. The summed E-state index contributed by atoms with van der Waals surface area (Å²) < 4.78 is 75.3. The molecule has 2 aliphatic heterocycles. The molecule has 0 fully saturated rings. The molecule has 0 saturated carbocycles. The molecule has 0 atom stereocenters. The predicted octanol–water partition coefficient (Wildman–Crippen LogP) is 4.21. The monoisotopic (exact) mass is 292 g/mol. The Labute approximate surface area is 110 Å². The van der Waals surface area contributed by atoms with Crippen molar-refractivity contribution >= 4 is 5.76 Å². The summed E-state index contributed by atoms with van der Waals surface area (Å²) in [6.45, 7) is 3.08. The Morgan fingerprint density at radius 3 is 2.30 bits per heavy atom. The Kier molecular flexibility index (Phi) is 2.28. The van der Waals surface area contributed by atoms with Crippen molar-refractivity contribution in [2.75, 3.05) is 0 Å². The molecule has 7 heteroatoms. The van der Waals surface area contributed by atoms with Crippen LogP contribution in [0.25, 0.3) is 5.76 Å². The minimum atomic E-state index is -5.69. The molecule has 0 N–H and O–H groups in total. The summed E-state index contributed by atoms with van der Waals surface area (Å²) >= 11 is 0. The number of benzene rings is 1. The molecule has 2 heterocycles. The molecule has 0 aliphatic carbocycles. The van der Waals surface area contributed by atoms with E-state index in [0.717, 1.165) is 12.1 Å². The molecule has 0 spiro atoms. The van der Waals surface area contributed by atoms with Gasteiger partial charge in [0.15, 0.2) is 17.1 Å². The Morgan fingerprint density at radius 1 is 1.05 bits per heavy atom. The number of hydrogen-bond donors (Lipinski definition) is 0. The van der Waals surface area contributed by atoms with Gasteiger partial charge in [0.25, 0.3) is 0 Å². The first-order valence-electron chi connectivity index (χ1n) is 5.76. The van der Waals surface area contributed by atoms with Crippen LogP contribution in [0, 0.1) is 0 Å². The molecular formula is C13H9F5O2. The maximum Gasteiger partial charge on any atom is 0.458 e. The predicted molar refractivity (Wildman–Crippen MR) is 59.1 cm³/mol. The SMILES string of the molecule is CC1(C)Oc2c(cccc2C(F)(F)C(F)(F)F)C2=C1O2. The van der Waals surface area contributed by atoms with Crippen LogP contribution in [-0.4, -0.2) is 11.8 Å². The summed E-state index contributed by atoms with van der Waals surface area (Å²) in [6.07, 6.45) is -5.69. The molecule has 108 valence electrons. The Balaban J connectivity index is 2.19. The zero-order valence-corrected chi connectivity index (χ0v) is 10.4. The second-order valence-electron chi connectivity index (χ2n) is 5.13. The van der Waals surface area contributed by atoms with Crippen LogP contribution in [0.5, 0.6) is 5.75 Å².